The van der Waals surface area contributed by atoms with Crippen LogP contribution < -0.4 is 19.3 Å². The van der Waals surface area contributed by atoms with Crippen molar-refractivity contribution in [3.63, 3.8) is 0 Å². The molecular formula is C29H29FN2O5. The number of halogens is 1. The third-order valence-electron chi connectivity index (χ3n) is 6.55. The van der Waals surface area contributed by atoms with Crippen molar-refractivity contribution < 1.29 is 28.6 Å². The summed E-state index contributed by atoms with van der Waals surface area (Å²) in [7, 11) is 2.91. The zero-order valence-corrected chi connectivity index (χ0v) is 21.2. The Morgan fingerprint density at radius 3 is 2.16 bits per heavy atom. The summed E-state index contributed by atoms with van der Waals surface area (Å²) in [6.07, 6.45) is 0. The molecule has 0 aliphatic carbocycles. The molecule has 0 spiro atoms. The number of aliphatic hydroxyl groups is 1. The van der Waals surface area contributed by atoms with Gasteiger partial charge in [-0.2, -0.15) is 0 Å². The molecule has 1 atom stereocenters. The van der Waals surface area contributed by atoms with Crippen molar-refractivity contribution in [1.82, 2.24) is 0 Å². The number of aliphatic hydroxyl groups excluding tert-OH is 1. The van der Waals surface area contributed by atoms with Crippen molar-refractivity contribution in [1.29, 1.82) is 0 Å². The van der Waals surface area contributed by atoms with Gasteiger partial charge in [-0.3, -0.25) is 14.5 Å². The van der Waals surface area contributed by atoms with E-state index in [4.69, 9.17) is 9.47 Å². The third-order valence-corrected chi connectivity index (χ3v) is 6.55. The lowest BCUT2D eigenvalue weighted by atomic mass is 9.94. The van der Waals surface area contributed by atoms with E-state index in [9.17, 15) is 19.1 Å². The number of methoxy groups -OCH3 is 2. The van der Waals surface area contributed by atoms with E-state index in [-0.39, 0.29) is 16.9 Å². The first-order valence-corrected chi connectivity index (χ1v) is 12.0. The van der Waals surface area contributed by atoms with Crippen molar-refractivity contribution in [3.05, 3.63) is 89.2 Å². The number of carbonyl (C=O) groups is 2. The number of ether oxygens (including phenoxy) is 2. The lowest BCUT2D eigenvalue weighted by Crippen LogP contribution is -2.29. The van der Waals surface area contributed by atoms with Crippen LogP contribution in [-0.4, -0.2) is 44.1 Å². The van der Waals surface area contributed by atoms with Crippen LogP contribution in [0.5, 0.6) is 11.5 Å². The lowest BCUT2D eigenvalue weighted by molar-refractivity contribution is -0.132. The Labute approximate surface area is 215 Å². The van der Waals surface area contributed by atoms with Crippen LogP contribution in [0.15, 0.2) is 72.3 Å². The molecule has 1 aliphatic heterocycles. The molecule has 1 amide bonds. The molecule has 1 saturated heterocycles. The summed E-state index contributed by atoms with van der Waals surface area (Å²) < 4.78 is 24.7. The highest BCUT2D eigenvalue weighted by Crippen LogP contribution is 2.44. The number of ketones is 1. The minimum atomic E-state index is -0.960. The van der Waals surface area contributed by atoms with E-state index in [1.54, 1.807) is 36.4 Å². The molecule has 1 aliphatic rings. The Kier molecular flexibility index (Phi) is 7.47. The monoisotopic (exact) mass is 504 g/mol. The standard InChI is InChI=1S/C29H29FN2O5/c1-5-31(6-2)20-10-12-21(13-11-20)32-26(18-7-14-22(36-3)15-8-18)25(28(34)29(32)35)27(33)23-17-19(30)9-16-24(23)37-4/h7-17,26,33H,5-6H2,1-4H3/b27-25+. The van der Waals surface area contributed by atoms with Gasteiger partial charge in [-0.1, -0.05) is 12.1 Å². The second-order valence-corrected chi connectivity index (χ2v) is 8.48. The number of Topliss-reactive ketones (excluding diaryl/α,β-unsaturated/α-hetero) is 1. The van der Waals surface area contributed by atoms with Crippen molar-refractivity contribution in [2.75, 3.05) is 37.1 Å². The molecule has 3 aromatic rings. The van der Waals surface area contributed by atoms with Gasteiger partial charge in [0.15, 0.2) is 0 Å². The van der Waals surface area contributed by atoms with Crippen LogP contribution in [0.25, 0.3) is 5.76 Å². The Bertz CT molecular complexity index is 1330. The first-order valence-electron chi connectivity index (χ1n) is 12.0. The van der Waals surface area contributed by atoms with E-state index in [0.717, 1.165) is 24.8 Å². The van der Waals surface area contributed by atoms with Crippen LogP contribution in [-0.2, 0) is 9.59 Å². The van der Waals surface area contributed by atoms with Crippen LogP contribution in [0.2, 0.25) is 0 Å². The van der Waals surface area contributed by atoms with Gasteiger partial charge >= 0.3 is 0 Å². The molecule has 37 heavy (non-hydrogen) atoms. The van der Waals surface area contributed by atoms with Crippen molar-refractivity contribution in [2.45, 2.75) is 19.9 Å². The Morgan fingerprint density at radius 1 is 0.946 bits per heavy atom. The summed E-state index contributed by atoms with van der Waals surface area (Å²) in [5.41, 5.74) is 1.87. The summed E-state index contributed by atoms with van der Waals surface area (Å²) in [6.45, 7) is 5.75. The number of anilines is 2. The van der Waals surface area contributed by atoms with Gasteiger partial charge in [0.1, 0.15) is 23.1 Å². The fourth-order valence-electron chi connectivity index (χ4n) is 4.62. The molecule has 192 valence electrons. The molecule has 0 radical (unpaired) electrons. The van der Waals surface area contributed by atoms with Gasteiger partial charge in [-0.05, 0) is 74.0 Å². The van der Waals surface area contributed by atoms with Crippen molar-refractivity contribution >= 4 is 28.8 Å². The minimum Gasteiger partial charge on any atom is -0.507 e. The zero-order chi connectivity index (χ0) is 26.7. The number of rotatable bonds is 8. The summed E-state index contributed by atoms with van der Waals surface area (Å²) in [5.74, 6) is -2.05. The number of hydrogen-bond donors (Lipinski definition) is 1. The topological polar surface area (TPSA) is 79.3 Å². The number of benzene rings is 3. The van der Waals surface area contributed by atoms with Crippen LogP contribution >= 0.6 is 0 Å². The molecule has 0 aromatic heterocycles. The molecular weight excluding hydrogens is 475 g/mol. The van der Waals surface area contributed by atoms with Gasteiger partial charge in [0.05, 0.1) is 31.4 Å². The average Bonchev–Trinajstić information content (AvgIpc) is 3.19. The first-order chi connectivity index (χ1) is 17.8. The maximum Gasteiger partial charge on any atom is 0.300 e. The smallest absolute Gasteiger partial charge is 0.300 e. The molecule has 1 N–H and O–H groups in total. The molecule has 1 heterocycles. The molecule has 8 heteroatoms. The second kappa shape index (κ2) is 10.7. The molecule has 0 bridgehead atoms. The van der Waals surface area contributed by atoms with Crippen LogP contribution in [0, 0.1) is 5.82 Å². The Balaban J connectivity index is 1.91. The summed E-state index contributed by atoms with van der Waals surface area (Å²) in [4.78, 5) is 30.3. The highest BCUT2D eigenvalue weighted by molar-refractivity contribution is 6.51. The lowest BCUT2D eigenvalue weighted by Gasteiger charge is -2.27. The van der Waals surface area contributed by atoms with Crippen LogP contribution in [0.1, 0.15) is 31.0 Å². The molecule has 4 rings (SSSR count). The summed E-state index contributed by atoms with van der Waals surface area (Å²) in [6, 6.07) is 16.9. The summed E-state index contributed by atoms with van der Waals surface area (Å²) >= 11 is 0. The van der Waals surface area contributed by atoms with Crippen LogP contribution in [0.4, 0.5) is 15.8 Å². The highest BCUT2D eigenvalue weighted by Gasteiger charge is 2.47. The van der Waals surface area contributed by atoms with E-state index in [2.05, 4.69) is 18.7 Å². The predicted molar refractivity (Wildman–Crippen MR) is 141 cm³/mol. The molecule has 1 fully saturated rings. The van der Waals surface area contributed by atoms with Gasteiger partial charge in [0.2, 0.25) is 0 Å². The van der Waals surface area contributed by atoms with E-state index in [1.165, 1.54) is 31.3 Å². The molecule has 1 unspecified atom stereocenters. The molecule has 0 saturated carbocycles. The third kappa shape index (κ3) is 4.74. The maximum atomic E-state index is 14.1. The minimum absolute atomic E-state index is 0.0177. The SMILES string of the molecule is CCN(CC)c1ccc(N2C(=O)C(=O)/C(=C(/O)c3cc(F)ccc3OC)C2c2ccc(OC)cc2)cc1. The van der Waals surface area contributed by atoms with Crippen molar-refractivity contribution in [3.8, 4) is 11.5 Å². The second-order valence-electron chi connectivity index (χ2n) is 8.48. The number of amides is 1. The highest BCUT2D eigenvalue weighted by atomic mass is 19.1. The molecule has 7 nitrogen and oxygen atoms in total. The Hall–Kier alpha value is -4.33. The Morgan fingerprint density at radius 2 is 1.59 bits per heavy atom. The van der Waals surface area contributed by atoms with Gasteiger partial charge in [-0.15, -0.1) is 0 Å². The van der Waals surface area contributed by atoms with E-state index >= 15 is 0 Å². The quantitative estimate of drug-likeness (QED) is 0.254. The van der Waals surface area contributed by atoms with Crippen molar-refractivity contribution in [2.24, 2.45) is 0 Å². The predicted octanol–water partition coefficient (Wildman–Crippen LogP) is 5.32. The zero-order valence-electron chi connectivity index (χ0n) is 21.2. The molecule has 3 aromatic carbocycles. The summed E-state index contributed by atoms with van der Waals surface area (Å²) in [5, 5.41) is 11.3. The van der Waals surface area contributed by atoms with Gasteiger partial charge in [-0.25, -0.2) is 4.39 Å². The number of hydrogen-bond acceptors (Lipinski definition) is 6. The fourth-order valence-corrected chi connectivity index (χ4v) is 4.62. The van der Waals surface area contributed by atoms with Gasteiger partial charge in [0, 0.05) is 24.5 Å². The largest absolute Gasteiger partial charge is 0.507 e. The van der Waals surface area contributed by atoms with E-state index in [0.29, 0.717) is 17.0 Å². The van der Waals surface area contributed by atoms with Gasteiger partial charge in [0.25, 0.3) is 11.7 Å². The first kappa shape index (κ1) is 25.8. The van der Waals surface area contributed by atoms with Crippen LogP contribution in [0.3, 0.4) is 0 Å². The number of nitrogens with zero attached hydrogens (tertiary/aromatic N) is 2. The van der Waals surface area contributed by atoms with E-state index in [1.807, 2.05) is 12.1 Å². The fraction of sp³-hybridized carbons (Fsp3) is 0.241. The van der Waals surface area contributed by atoms with Gasteiger partial charge < -0.3 is 19.5 Å². The average molecular weight is 505 g/mol. The number of carbonyl (C=O) groups excluding carboxylic acids is 2. The maximum absolute atomic E-state index is 14.1. The van der Waals surface area contributed by atoms with E-state index < -0.39 is 29.3 Å². The normalized spacial score (nSPS) is 16.7.